The standard InChI is InChI=1S/C12H19N3O2S2/c1-7(16)13-8(5-18)10(17)15-11-14-9(6-19-11)12(2,3)4/h6,8,18H,5H2,1-4H3,(H,13,16)(H,14,15,17). The van der Waals surface area contributed by atoms with Gasteiger partial charge in [-0.2, -0.15) is 12.6 Å². The summed E-state index contributed by atoms with van der Waals surface area (Å²) in [6, 6.07) is -0.650. The Morgan fingerprint density at radius 1 is 1.47 bits per heavy atom. The van der Waals surface area contributed by atoms with Gasteiger partial charge in [-0.25, -0.2) is 4.98 Å². The van der Waals surface area contributed by atoms with Gasteiger partial charge in [-0.15, -0.1) is 11.3 Å². The highest BCUT2D eigenvalue weighted by molar-refractivity contribution is 7.80. The zero-order valence-electron chi connectivity index (χ0n) is 11.5. The van der Waals surface area contributed by atoms with Crippen molar-refractivity contribution in [2.45, 2.75) is 39.2 Å². The fourth-order valence-electron chi connectivity index (χ4n) is 1.31. The van der Waals surface area contributed by atoms with Crippen molar-refractivity contribution in [3.8, 4) is 0 Å². The Morgan fingerprint density at radius 2 is 2.11 bits per heavy atom. The molecule has 0 aliphatic rings. The summed E-state index contributed by atoms with van der Waals surface area (Å²) in [6.07, 6.45) is 0. The minimum absolute atomic E-state index is 0.0555. The van der Waals surface area contributed by atoms with Gasteiger partial charge in [-0.3, -0.25) is 9.59 Å². The summed E-state index contributed by atoms with van der Waals surface area (Å²) in [5.74, 6) is -0.327. The Kier molecular flexibility index (Phi) is 5.37. The van der Waals surface area contributed by atoms with E-state index in [2.05, 4.69) is 49.0 Å². The van der Waals surface area contributed by atoms with Gasteiger partial charge in [-0.05, 0) is 0 Å². The monoisotopic (exact) mass is 301 g/mol. The topological polar surface area (TPSA) is 71.1 Å². The molecule has 2 amide bonds. The van der Waals surface area contributed by atoms with Crippen LogP contribution in [0.25, 0.3) is 0 Å². The molecule has 0 spiro atoms. The Labute approximate surface area is 122 Å². The maximum absolute atomic E-state index is 11.9. The molecule has 19 heavy (non-hydrogen) atoms. The highest BCUT2D eigenvalue weighted by Crippen LogP contribution is 2.26. The predicted octanol–water partition coefficient (Wildman–Crippen LogP) is 1.81. The lowest BCUT2D eigenvalue weighted by atomic mass is 9.93. The van der Waals surface area contributed by atoms with Crippen molar-refractivity contribution in [2.75, 3.05) is 11.1 Å². The van der Waals surface area contributed by atoms with Crippen molar-refractivity contribution >= 4 is 40.9 Å². The largest absolute Gasteiger partial charge is 0.344 e. The van der Waals surface area contributed by atoms with E-state index in [0.29, 0.717) is 5.13 Å². The van der Waals surface area contributed by atoms with Crippen LogP contribution in [0.3, 0.4) is 0 Å². The van der Waals surface area contributed by atoms with Crippen molar-refractivity contribution in [3.05, 3.63) is 11.1 Å². The van der Waals surface area contributed by atoms with Crippen molar-refractivity contribution < 1.29 is 9.59 Å². The van der Waals surface area contributed by atoms with E-state index >= 15 is 0 Å². The number of hydrogen-bond acceptors (Lipinski definition) is 5. The third-order valence-electron chi connectivity index (χ3n) is 2.38. The van der Waals surface area contributed by atoms with Crippen LogP contribution in [0.5, 0.6) is 0 Å². The van der Waals surface area contributed by atoms with Crippen molar-refractivity contribution in [1.82, 2.24) is 10.3 Å². The molecule has 1 aromatic heterocycles. The number of nitrogens with zero attached hydrogens (tertiary/aromatic N) is 1. The number of aromatic nitrogens is 1. The number of rotatable bonds is 4. The molecule has 5 nitrogen and oxygen atoms in total. The molecule has 1 rings (SSSR count). The molecule has 7 heteroatoms. The smallest absolute Gasteiger partial charge is 0.249 e. The molecule has 0 aliphatic carbocycles. The second kappa shape index (κ2) is 6.38. The molecule has 1 heterocycles. The lowest BCUT2D eigenvalue weighted by molar-refractivity contribution is -0.124. The first-order chi connectivity index (χ1) is 8.74. The molecular formula is C12H19N3O2S2. The minimum Gasteiger partial charge on any atom is -0.344 e. The van der Waals surface area contributed by atoms with Crippen LogP contribution in [0.2, 0.25) is 0 Å². The maximum Gasteiger partial charge on any atom is 0.249 e. The number of hydrogen-bond donors (Lipinski definition) is 3. The highest BCUT2D eigenvalue weighted by atomic mass is 32.1. The van der Waals surface area contributed by atoms with Crippen LogP contribution >= 0.6 is 24.0 Å². The van der Waals surface area contributed by atoms with Gasteiger partial charge in [0.05, 0.1) is 5.69 Å². The minimum atomic E-state index is -0.650. The van der Waals surface area contributed by atoms with E-state index in [1.165, 1.54) is 18.3 Å². The molecule has 0 bridgehead atoms. The second-order valence-electron chi connectivity index (χ2n) is 5.21. The van der Waals surface area contributed by atoms with E-state index in [9.17, 15) is 9.59 Å². The quantitative estimate of drug-likeness (QED) is 0.743. The predicted molar refractivity (Wildman–Crippen MR) is 80.9 cm³/mol. The van der Waals surface area contributed by atoms with Gasteiger partial charge >= 0.3 is 0 Å². The highest BCUT2D eigenvalue weighted by Gasteiger charge is 2.21. The maximum atomic E-state index is 11.9. The fourth-order valence-corrected chi connectivity index (χ4v) is 2.50. The second-order valence-corrected chi connectivity index (χ2v) is 6.44. The summed E-state index contributed by atoms with van der Waals surface area (Å²) in [6.45, 7) is 7.54. The molecule has 0 fully saturated rings. The summed E-state index contributed by atoms with van der Waals surface area (Å²) < 4.78 is 0. The van der Waals surface area contributed by atoms with Gasteiger partial charge in [0.25, 0.3) is 0 Å². The Morgan fingerprint density at radius 3 is 2.53 bits per heavy atom. The molecule has 1 aromatic rings. The van der Waals surface area contributed by atoms with Crippen LogP contribution in [-0.2, 0) is 15.0 Å². The summed E-state index contributed by atoms with van der Waals surface area (Å²) >= 11 is 5.43. The summed E-state index contributed by atoms with van der Waals surface area (Å²) in [4.78, 5) is 27.3. The fraction of sp³-hybridized carbons (Fsp3) is 0.583. The van der Waals surface area contributed by atoms with Gasteiger partial charge in [-0.1, -0.05) is 20.8 Å². The third kappa shape index (κ3) is 4.83. The van der Waals surface area contributed by atoms with Crippen LogP contribution in [0.4, 0.5) is 5.13 Å². The van der Waals surface area contributed by atoms with E-state index < -0.39 is 6.04 Å². The zero-order chi connectivity index (χ0) is 14.6. The third-order valence-corrected chi connectivity index (χ3v) is 3.50. The number of amides is 2. The zero-order valence-corrected chi connectivity index (χ0v) is 13.2. The molecule has 0 aromatic carbocycles. The summed E-state index contributed by atoms with van der Waals surface area (Å²) in [5, 5.41) is 7.69. The average molecular weight is 301 g/mol. The molecule has 0 radical (unpaired) electrons. The van der Waals surface area contributed by atoms with E-state index in [1.807, 2.05) is 5.38 Å². The Hall–Kier alpha value is -1.08. The van der Waals surface area contributed by atoms with E-state index in [-0.39, 0.29) is 23.0 Å². The Bertz CT molecular complexity index is 466. The van der Waals surface area contributed by atoms with Crippen LogP contribution < -0.4 is 10.6 Å². The molecule has 0 aliphatic heterocycles. The lowest BCUT2D eigenvalue weighted by Gasteiger charge is -2.15. The molecule has 0 saturated carbocycles. The average Bonchev–Trinajstić information content (AvgIpc) is 2.73. The number of carbonyl (C=O) groups is 2. The van der Waals surface area contributed by atoms with Crippen LogP contribution in [0.1, 0.15) is 33.4 Å². The van der Waals surface area contributed by atoms with Gasteiger partial charge < -0.3 is 10.6 Å². The number of thiazole rings is 1. The Balaban J connectivity index is 2.71. The SMILES string of the molecule is CC(=O)NC(CS)C(=O)Nc1nc(C(C)(C)C)cs1. The van der Waals surface area contributed by atoms with E-state index in [1.54, 1.807) is 0 Å². The van der Waals surface area contributed by atoms with Crippen LogP contribution in [-0.4, -0.2) is 28.6 Å². The summed E-state index contributed by atoms with van der Waals surface area (Å²) in [5.41, 5.74) is 0.870. The van der Waals surface area contributed by atoms with E-state index in [0.717, 1.165) is 5.69 Å². The normalized spacial score (nSPS) is 12.9. The molecule has 1 unspecified atom stereocenters. The van der Waals surface area contributed by atoms with Crippen molar-refractivity contribution in [1.29, 1.82) is 0 Å². The first-order valence-corrected chi connectivity index (χ1v) is 7.40. The molecular weight excluding hydrogens is 282 g/mol. The van der Waals surface area contributed by atoms with E-state index in [4.69, 9.17) is 0 Å². The number of thiol groups is 1. The number of anilines is 1. The van der Waals surface area contributed by atoms with Gasteiger partial charge in [0, 0.05) is 23.5 Å². The number of carbonyl (C=O) groups excluding carboxylic acids is 2. The molecule has 0 saturated heterocycles. The van der Waals surface area contributed by atoms with Crippen molar-refractivity contribution in [2.24, 2.45) is 0 Å². The lowest BCUT2D eigenvalue weighted by Crippen LogP contribution is -2.44. The van der Waals surface area contributed by atoms with Crippen molar-refractivity contribution in [3.63, 3.8) is 0 Å². The molecule has 1 atom stereocenters. The summed E-state index contributed by atoms with van der Waals surface area (Å²) in [7, 11) is 0. The van der Waals surface area contributed by atoms with Gasteiger partial charge in [0.2, 0.25) is 11.8 Å². The van der Waals surface area contributed by atoms with Gasteiger partial charge in [0.15, 0.2) is 5.13 Å². The van der Waals surface area contributed by atoms with Crippen LogP contribution in [0, 0.1) is 0 Å². The van der Waals surface area contributed by atoms with Gasteiger partial charge in [0.1, 0.15) is 6.04 Å². The molecule has 106 valence electrons. The first-order valence-electron chi connectivity index (χ1n) is 5.89. The number of nitrogens with one attached hydrogen (secondary N) is 2. The van der Waals surface area contributed by atoms with Crippen LogP contribution in [0.15, 0.2) is 5.38 Å². The first kappa shape index (κ1) is 16.0. The molecule has 2 N–H and O–H groups in total.